The normalized spacial score (nSPS) is 20.4. The first-order valence-corrected chi connectivity index (χ1v) is 12.1. The molecular formula is C25H42O4. The van der Waals surface area contributed by atoms with Gasteiger partial charge in [-0.25, -0.2) is 0 Å². The van der Waals surface area contributed by atoms with E-state index in [0.717, 1.165) is 109 Å². The fourth-order valence-corrected chi connectivity index (χ4v) is 5.46. The topological polar surface area (TPSA) is 74.6 Å². The zero-order valence-corrected chi connectivity index (χ0v) is 18.3. The van der Waals surface area contributed by atoms with Crippen molar-refractivity contribution in [1.29, 1.82) is 0 Å². The van der Waals surface area contributed by atoms with Gasteiger partial charge in [-0.1, -0.05) is 69.9 Å². The molecule has 0 unspecified atom stereocenters. The quantitative estimate of drug-likeness (QED) is 0.224. The highest BCUT2D eigenvalue weighted by Crippen LogP contribution is 2.43. The molecule has 4 nitrogen and oxygen atoms in total. The number of carboxylic acid groups (broad SMARTS) is 2. The Labute approximate surface area is 177 Å². The van der Waals surface area contributed by atoms with E-state index >= 15 is 0 Å². The summed E-state index contributed by atoms with van der Waals surface area (Å²) in [6.07, 6.45) is 24.2. The molecule has 2 aliphatic carbocycles. The zero-order chi connectivity index (χ0) is 21.0. The van der Waals surface area contributed by atoms with Gasteiger partial charge >= 0.3 is 11.9 Å². The average Bonchev–Trinajstić information content (AvgIpc) is 3.36. The number of unbranched alkanes of at least 4 members (excludes halogenated alkanes) is 7. The Bertz CT molecular complexity index is 525. The Morgan fingerprint density at radius 1 is 0.586 bits per heavy atom. The van der Waals surface area contributed by atoms with Crippen LogP contribution in [0, 0.1) is 10.8 Å². The summed E-state index contributed by atoms with van der Waals surface area (Å²) in [5, 5.41) is 19.0. The minimum Gasteiger partial charge on any atom is -0.481 e. The lowest BCUT2D eigenvalue weighted by molar-refractivity contribution is -0.150. The molecule has 2 aliphatic rings. The van der Waals surface area contributed by atoms with Gasteiger partial charge in [-0.3, -0.25) is 9.59 Å². The largest absolute Gasteiger partial charge is 0.481 e. The highest BCUT2D eigenvalue weighted by atomic mass is 16.4. The lowest BCUT2D eigenvalue weighted by atomic mass is 9.81. The number of carboxylic acids is 2. The number of allylic oxidation sites excluding steroid dienone is 2. The molecule has 0 aromatic heterocycles. The van der Waals surface area contributed by atoms with Crippen molar-refractivity contribution in [2.24, 2.45) is 10.8 Å². The molecule has 0 radical (unpaired) electrons. The van der Waals surface area contributed by atoms with Crippen LogP contribution in [-0.2, 0) is 9.59 Å². The SMILES string of the molecule is O=C(O)C1(CCCCC/C=C\CCCCCCC2(C(=O)O)CCCC2)CCCC1. The molecule has 0 spiro atoms. The number of carbonyl (C=O) groups is 2. The van der Waals surface area contributed by atoms with E-state index in [9.17, 15) is 19.8 Å². The van der Waals surface area contributed by atoms with E-state index in [4.69, 9.17) is 0 Å². The van der Waals surface area contributed by atoms with Crippen molar-refractivity contribution in [3.05, 3.63) is 12.2 Å². The van der Waals surface area contributed by atoms with Crippen molar-refractivity contribution in [3.8, 4) is 0 Å². The summed E-state index contributed by atoms with van der Waals surface area (Å²) in [5.41, 5.74) is -0.806. The Hall–Kier alpha value is -1.32. The number of hydrogen-bond acceptors (Lipinski definition) is 2. The van der Waals surface area contributed by atoms with Crippen LogP contribution in [0.4, 0.5) is 0 Å². The van der Waals surface area contributed by atoms with Crippen molar-refractivity contribution in [3.63, 3.8) is 0 Å². The van der Waals surface area contributed by atoms with Gasteiger partial charge in [0, 0.05) is 0 Å². The Balaban J connectivity index is 1.42. The van der Waals surface area contributed by atoms with Gasteiger partial charge in [0.1, 0.15) is 0 Å². The second-order valence-electron chi connectivity index (χ2n) is 9.61. The first-order valence-electron chi connectivity index (χ1n) is 12.1. The minimum atomic E-state index is -0.573. The Kier molecular flexibility index (Phi) is 10.2. The molecule has 0 aliphatic heterocycles. The third kappa shape index (κ3) is 7.46. The van der Waals surface area contributed by atoms with Crippen LogP contribution in [-0.4, -0.2) is 22.2 Å². The molecule has 0 atom stereocenters. The second kappa shape index (κ2) is 12.4. The maximum Gasteiger partial charge on any atom is 0.309 e. The maximum absolute atomic E-state index is 11.5. The summed E-state index contributed by atoms with van der Waals surface area (Å²) in [5.74, 6) is -1.14. The summed E-state index contributed by atoms with van der Waals surface area (Å²) < 4.78 is 0. The molecule has 0 bridgehead atoms. The van der Waals surface area contributed by atoms with Crippen LogP contribution in [0.25, 0.3) is 0 Å². The van der Waals surface area contributed by atoms with Gasteiger partial charge in [0.05, 0.1) is 10.8 Å². The smallest absolute Gasteiger partial charge is 0.309 e. The van der Waals surface area contributed by atoms with Crippen LogP contribution in [0.5, 0.6) is 0 Å². The predicted octanol–water partition coefficient (Wildman–Crippen LogP) is 7.12. The van der Waals surface area contributed by atoms with E-state index in [0.29, 0.717) is 0 Å². The van der Waals surface area contributed by atoms with Gasteiger partial charge < -0.3 is 10.2 Å². The fraction of sp³-hybridized carbons (Fsp3) is 0.840. The van der Waals surface area contributed by atoms with Crippen molar-refractivity contribution in [2.75, 3.05) is 0 Å². The van der Waals surface area contributed by atoms with Crippen LogP contribution in [0.15, 0.2) is 12.2 Å². The minimum absolute atomic E-state index is 0.401. The van der Waals surface area contributed by atoms with Crippen molar-refractivity contribution < 1.29 is 19.8 Å². The van der Waals surface area contributed by atoms with Gasteiger partial charge in [-0.15, -0.1) is 0 Å². The Morgan fingerprint density at radius 3 is 1.31 bits per heavy atom. The number of aliphatic carboxylic acids is 2. The van der Waals surface area contributed by atoms with Crippen LogP contribution in [0.3, 0.4) is 0 Å². The third-order valence-corrected chi connectivity index (χ3v) is 7.50. The van der Waals surface area contributed by atoms with Crippen molar-refractivity contribution >= 4 is 11.9 Å². The van der Waals surface area contributed by atoms with E-state index in [1.165, 1.54) is 12.8 Å². The van der Waals surface area contributed by atoms with Crippen LogP contribution >= 0.6 is 0 Å². The monoisotopic (exact) mass is 406 g/mol. The van der Waals surface area contributed by atoms with Gasteiger partial charge in [0.2, 0.25) is 0 Å². The molecule has 0 saturated heterocycles. The molecule has 4 heteroatoms. The summed E-state index contributed by atoms with van der Waals surface area (Å²) >= 11 is 0. The molecular weight excluding hydrogens is 364 g/mol. The van der Waals surface area contributed by atoms with Crippen molar-refractivity contribution in [2.45, 2.75) is 122 Å². The fourth-order valence-electron chi connectivity index (χ4n) is 5.46. The van der Waals surface area contributed by atoms with Crippen LogP contribution in [0.2, 0.25) is 0 Å². The first kappa shape index (κ1) is 24.0. The second-order valence-corrected chi connectivity index (χ2v) is 9.61. The van der Waals surface area contributed by atoms with Gasteiger partial charge in [-0.2, -0.15) is 0 Å². The lowest BCUT2D eigenvalue weighted by Crippen LogP contribution is -2.27. The highest BCUT2D eigenvalue weighted by molar-refractivity contribution is 5.75. The molecule has 2 fully saturated rings. The summed E-state index contributed by atoms with van der Waals surface area (Å²) in [4.78, 5) is 23.1. The zero-order valence-electron chi connectivity index (χ0n) is 18.3. The molecule has 166 valence electrons. The number of hydrogen-bond donors (Lipinski definition) is 2. The molecule has 2 N–H and O–H groups in total. The van der Waals surface area contributed by atoms with Crippen LogP contribution < -0.4 is 0 Å². The van der Waals surface area contributed by atoms with Crippen LogP contribution in [0.1, 0.15) is 122 Å². The van der Waals surface area contributed by atoms with E-state index in [1.54, 1.807) is 0 Å². The Morgan fingerprint density at radius 2 is 0.931 bits per heavy atom. The third-order valence-electron chi connectivity index (χ3n) is 7.50. The van der Waals surface area contributed by atoms with Crippen molar-refractivity contribution in [1.82, 2.24) is 0 Å². The molecule has 0 heterocycles. The average molecular weight is 407 g/mol. The molecule has 0 aromatic carbocycles. The summed E-state index contributed by atoms with van der Waals surface area (Å²) in [7, 11) is 0. The lowest BCUT2D eigenvalue weighted by Gasteiger charge is -2.23. The van der Waals surface area contributed by atoms with E-state index in [-0.39, 0.29) is 0 Å². The summed E-state index contributed by atoms with van der Waals surface area (Å²) in [6.45, 7) is 0. The standard InChI is InChI=1S/C25H42O4/c26-22(27)24(18-12-13-19-24)16-10-8-6-4-2-1-3-5-7-9-11-17-25(23(28)29)20-14-15-21-25/h1-2H,3-21H2,(H,26,27)(H,28,29)/b2-1-. The van der Waals surface area contributed by atoms with Gasteiger partial charge in [0.15, 0.2) is 0 Å². The van der Waals surface area contributed by atoms with Gasteiger partial charge in [0.25, 0.3) is 0 Å². The van der Waals surface area contributed by atoms with E-state index in [2.05, 4.69) is 12.2 Å². The maximum atomic E-state index is 11.5. The molecule has 0 amide bonds. The predicted molar refractivity (Wildman–Crippen MR) is 117 cm³/mol. The summed E-state index contributed by atoms with van der Waals surface area (Å²) in [6, 6.07) is 0. The first-order chi connectivity index (χ1) is 14.0. The molecule has 29 heavy (non-hydrogen) atoms. The molecule has 2 rings (SSSR count). The van der Waals surface area contributed by atoms with E-state index < -0.39 is 22.8 Å². The van der Waals surface area contributed by atoms with Gasteiger partial charge in [-0.05, 0) is 64.2 Å². The van der Waals surface area contributed by atoms with E-state index in [1.807, 2.05) is 0 Å². The highest BCUT2D eigenvalue weighted by Gasteiger charge is 2.41. The molecule has 2 saturated carbocycles. The molecule has 0 aromatic rings. The number of rotatable bonds is 15.